The summed E-state index contributed by atoms with van der Waals surface area (Å²) in [6, 6.07) is 13.1. The Balaban J connectivity index is 1.48. The molecule has 0 amide bonds. The molecule has 2 aromatic heterocycles. The maximum absolute atomic E-state index is 6.14. The minimum Gasteiger partial charge on any atom is -0.460 e. The van der Waals surface area contributed by atoms with Gasteiger partial charge in [-0.1, -0.05) is 29.5 Å². The van der Waals surface area contributed by atoms with E-state index in [4.69, 9.17) is 4.42 Å². The van der Waals surface area contributed by atoms with Gasteiger partial charge in [-0.3, -0.25) is 4.90 Å². The molecule has 0 aliphatic carbocycles. The van der Waals surface area contributed by atoms with E-state index in [-0.39, 0.29) is 0 Å². The Morgan fingerprint density at radius 2 is 2.04 bits per heavy atom. The molecule has 1 aliphatic heterocycles. The van der Waals surface area contributed by atoms with E-state index in [0.29, 0.717) is 6.04 Å². The van der Waals surface area contributed by atoms with Gasteiger partial charge in [-0.05, 0) is 45.6 Å². The average molecular weight is 369 g/mol. The van der Waals surface area contributed by atoms with Crippen molar-refractivity contribution in [3.8, 4) is 21.9 Å². The average Bonchev–Trinajstić information content (AvgIpc) is 3.36. The van der Waals surface area contributed by atoms with Crippen LogP contribution < -0.4 is 0 Å². The van der Waals surface area contributed by atoms with Gasteiger partial charge in [0.25, 0.3) is 0 Å². The number of hydrogen-bond donors (Lipinski definition) is 0. The van der Waals surface area contributed by atoms with Crippen molar-refractivity contribution in [1.82, 2.24) is 20.0 Å². The molecule has 26 heavy (non-hydrogen) atoms. The number of benzene rings is 1. The van der Waals surface area contributed by atoms with Crippen molar-refractivity contribution in [2.24, 2.45) is 0 Å². The van der Waals surface area contributed by atoms with E-state index in [1.54, 1.807) is 11.3 Å². The molecule has 1 aromatic carbocycles. The molecule has 1 aliphatic rings. The van der Waals surface area contributed by atoms with Gasteiger partial charge in [0.15, 0.2) is 0 Å². The van der Waals surface area contributed by atoms with E-state index in [0.717, 1.165) is 52.3 Å². The largest absolute Gasteiger partial charge is 0.460 e. The Bertz CT molecular complexity index is 885. The quantitative estimate of drug-likeness (QED) is 0.683. The molecule has 3 heterocycles. The fraction of sp³-hybridized carbons (Fsp3) is 0.400. The van der Waals surface area contributed by atoms with Crippen molar-refractivity contribution in [3.63, 3.8) is 0 Å². The minimum absolute atomic E-state index is 0.650. The molecule has 1 unspecified atom stereocenters. The SMILES string of the molecule is Cc1nnc(-c2cccc(-c3ccc(CN4CCC(N(C)C)C4)o3)c2)s1. The van der Waals surface area contributed by atoms with Gasteiger partial charge < -0.3 is 9.32 Å². The third kappa shape index (κ3) is 3.72. The molecule has 1 fully saturated rings. The van der Waals surface area contributed by atoms with E-state index >= 15 is 0 Å². The second kappa shape index (κ2) is 7.31. The maximum Gasteiger partial charge on any atom is 0.147 e. The van der Waals surface area contributed by atoms with Crippen LogP contribution in [-0.2, 0) is 6.54 Å². The normalized spacial score (nSPS) is 18.1. The predicted octanol–water partition coefficient (Wildman–Crippen LogP) is 3.91. The summed E-state index contributed by atoms with van der Waals surface area (Å²) in [4.78, 5) is 4.78. The van der Waals surface area contributed by atoms with Crippen molar-refractivity contribution in [2.75, 3.05) is 27.2 Å². The number of likely N-dealkylation sites (N-methyl/N-ethyl adjacent to an activating group) is 1. The molecule has 0 N–H and O–H groups in total. The van der Waals surface area contributed by atoms with Crippen molar-refractivity contribution < 1.29 is 4.42 Å². The lowest BCUT2D eigenvalue weighted by Crippen LogP contribution is -2.31. The van der Waals surface area contributed by atoms with Crippen LogP contribution in [0.5, 0.6) is 0 Å². The summed E-state index contributed by atoms with van der Waals surface area (Å²) in [5.41, 5.74) is 2.16. The Morgan fingerprint density at radius 3 is 2.77 bits per heavy atom. The standard InChI is InChI=1S/C20H24N4OS/c1-14-21-22-20(26-14)16-6-4-5-15(11-16)19-8-7-18(25-19)13-24-10-9-17(12-24)23(2)3/h4-8,11,17H,9-10,12-13H2,1-3H3. The van der Waals surface area contributed by atoms with Gasteiger partial charge in [0, 0.05) is 30.3 Å². The van der Waals surface area contributed by atoms with Gasteiger partial charge in [-0.2, -0.15) is 0 Å². The van der Waals surface area contributed by atoms with Gasteiger partial charge >= 0.3 is 0 Å². The number of furan rings is 1. The highest BCUT2D eigenvalue weighted by Gasteiger charge is 2.24. The highest BCUT2D eigenvalue weighted by Crippen LogP contribution is 2.29. The van der Waals surface area contributed by atoms with Crippen LogP contribution >= 0.6 is 11.3 Å². The number of hydrogen-bond acceptors (Lipinski definition) is 6. The van der Waals surface area contributed by atoms with Crippen LogP contribution in [0.25, 0.3) is 21.9 Å². The summed E-state index contributed by atoms with van der Waals surface area (Å²) in [5.74, 6) is 1.93. The highest BCUT2D eigenvalue weighted by molar-refractivity contribution is 7.14. The van der Waals surface area contributed by atoms with Gasteiger partial charge in [0.05, 0.1) is 6.54 Å². The summed E-state index contributed by atoms with van der Waals surface area (Å²) >= 11 is 1.61. The lowest BCUT2D eigenvalue weighted by Gasteiger charge is -2.19. The fourth-order valence-electron chi connectivity index (χ4n) is 3.43. The summed E-state index contributed by atoms with van der Waals surface area (Å²) in [5, 5.41) is 10.3. The summed E-state index contributed by atoms with van der Waals surface area (Å²) in [6.45, 7) is 5.09. The first-order valence-electron chi connectivity index (χ1n) is 8.97. The second-order valence-electron chi connectivity index (χ2n) is 7.11. The smallest absolute Gasteiger partial charge is 0.147 e. The number of rotatable bonds is 5. The molecular weight excluding hydrogens is 344 g/mol. The van der Waals surface area contributed by atoms with E-state index in [1.807, 2.05) is 13.0 Å². The Labute approximate surface area is 158 Å². The van der Waals surface area contributed by atoms with E-state index in [1.165, 1.54) is 6.42 Å². The fourth-order valence-corrected chi connectivity index (χ4v) is 4.12. The Morgan fingerprint density at radius 1 is 1.19 bits per heavy atom. The molecule has 0 bridgehead atoms. The number of likely N-dealkylation sites (tertiary alicyclic amines) is 1. The topological polar surface area (TPSA) is 45.4 Å². The Kier molecular flexibility index (Phi) is 4.89. The van der Waals surface area contributed by atoms with Crippen LogP contribution in [-0.4, -0.2) is 53.2 Å². The first-order chi connectivity index (χ1) is 12.6. The monoisotopic (exact) mass is 368 g/mol. The molecule has 3 aromatic rings. The van der Waals surface area contributed by atoms with Crippen molar-refractivity contribution in [2.45, 2.75) is 25.9 Å². The lowest BCUT2D eigenvalue weighted by molar-refractivity contribution is 0.252. The first kappa shape index (κ1) is 17.4. The summed E-state index contributed by atoms with van der Waals surface area (Å²) in [6.07, 6.45) is 1.23. The van der Waals surface area contributed by atoms with Gasteiger partial charge in [0.1, 0.15) is 21.5 Å². The molecule has 6 heteroatoms. The molecule has 0 radical (unpaired) electrons. The van der Waals surface area contributed by atoms with Crippen molar-refractivity contribution in [3.05, 3.63) is 47.2 Å². The number of aromatic nitrogens is 2. The lowest BCUT2D eigenvalue weighted by atomic mass is 10.1. The molecule has 4 rings (SSSR count). The van der Waals surface area contributed by atoms with Crippen molar-refractivity contribution >= 4 is 11.3 Å². The maximum atomic E-state index is 6.14. The van der Waals surface area contributed by atoms with E-state index in [9.17, 15) is 0 Å². The predicted molar refractivity (Wildman–Crippen MR) is 105 cm³/mol. The highest BCUT2D eigenvalue weighted by atomic mass is 32.1. The zero-order valence-electron chi connectivity index (χ0n) is 15.5. The van der Waals surface area contributed by atoms with Crippen molar-refractivity contribution in [1.29, 1.82) is 0 Å². The molecule has 1 saturated heterocycles. The molecular formula is C20H24N4OS. The van der Waals surface area contributed by atoms with Gasteiger partial charge in [-0.15, -0.1) is 10.2 Å². The van der Waals surface area contributed by atoms with Crippen LogP contribution in [0.15, 0.2) is 40.8 Å². The second-order valence-corrected chi connectivity index (χ2v) is 8.30. The van der Waals surface area contributed by atoms with E-state index in [2.05, 4.69) is 64.4 Å². The molecule has 136 valence electrons. The zero-order valence-corrected chi connectivity index (χ0v) is 16.3. The van der Waals surface area contributed by atoms with Crippen LogP contribution in [0.3, 0.4) is 0 Å². The summed E-state index contributed by atoms with van der Waals surface area (Å²) < 4.78 is 6.14. The molecule has 0 spiro atoms. The number of nitrogens with zero attached hydrogens (tertiary/aromatic N) is 4. The number of aryl methyl sites for hydroxylation is 1. The third-order valence-corrected chi connectivity index (χ3v) is 5.83. The zero-order chi connectivity index (χ0) is 18.1. The van der Waals surface area contributed by atoms with Gasteiger partial charge in [-0.25, -0.2) is 0 Å². The van der Waals surface area contributed by atoms with Crippen LogP contribution in [0.2, 0.25) is 0 Å². The van der Waals surface area contributed by atoms with E-state index < -0.39 is 0 Å². The van der Waals surface area contributed by atoms with Gasteiger partial charge in [0.2, 0.25) is 0 Å². The third-order valence-electron chi connectivity index (χ3n) is 4.94. The Hall–Kier alpha value is -2.02. The van der Waals surface area contributed by atoms with Crippen LogP contribution in [0.4, 0.5) is 0 Å². The summed E-state index contributed by atoms with van der Waals surface area (Å²) in [7, 11) is 4.32. The molecule has 1 atom stereocenters. The molecule has 0 saturated carbocycles. The van der Waals surface area contributed by atoms with Crippen LogP contribution in [0, 0.1) is 6.92 Å². The first-order valence-corrected chi connectivity index (χ1v) is 9.78. The minimum atomic E-state index is 0.650. The van der Waals surface area contributed by atoms with Crippen LogP contribution in [0.1, 0.15) is 17.2 Å². The molecule has 5 nitrogen and oxygen atoms in total.